The van der Waals surface area contributed by atoms with Gasteiger partial charge in [0.2, 0.25) is 0 Å². The van der Waals surface area contributed by atoms with Gasteiger partial charge in [0.05, 0.1) is 5.56 Å². The van der Waals surface area contributed by atoms with Gasteiger partial charge in [-0.3, -0.25) is 9.59 Å². The van der Waals surface area contributed by atoms with E-state index in [0.717, 1.165) is 63.5 Å². The molecule has 2 saturated heterocycles. The van der Waals surface area contributed by atoms with Crippen molar-refractivity contribution in [1.82, 2.24) is 4.90 Å². The lowest BCUT2D eigenvalue weighted by molar-refractivity contribution is 0.0793. The lowest BCUT2D eigenvalue weighted by atomic mass is 9.97. The molecule has 29 heavy (non-hydrogen) atoms. The minimum absolute atomic E-state index is 0.0759. The van der Waals surface area contributed by atoms with Crippen molar-refractivity contribution in [2.75, 3.05) is 36.4 Å². The van der Waals surface area contributed by atoms with E-state index in [1.54, 1.807) is 12.1 Å². The molecule has 0 radical (unpaired) electrons. The van der Waals surface area contributed by atoms with E-state index in [1.807, 2.05) is 41.3 Å². The zero-order valence-electron chi connectivity index (χ0n) is 17.1. The first-order valence-electron chi connectivity index (χ1n) is 10.7. The van der Waals surface area contributed by atoms with Gasteiger partial charge in [-0.15, -0.1) is 0 Å². The summed E-state index contributed by atoms with van der Waals surface area (Å²) in [6, 6.07) is 14.9. The maximum absolute atomic E-state index is 13.3. The van der Waals surface area contributed by atoms with Crippen LogP contribution in [-0.4, -0.2) is 42.9 Å². The second-order valence-corrected chi connectivity index (χ2v) is 8.22. The summed E-state index contributed by atoms with van der Waals surface area (Å²) in [6.45, 7) is 5.86. The average Bonchev–Trinajstić information content (AvgIpc) is 3.29. The normalized spacial score (nSPS) is 17.4. The van der Waals surface area contributed by atoms with Crippen LogP contribution in [0.5, 0.6) is 0 Å². The topological polar surface area (TPSA) is 52.7 Å². The molecule has 2 aliphatic rings. The Bertz CT molecular complexity index is 867. The van der Waals surface area contributed by atoms with Crippen molar-refractivity contribution in [1.29, 1.82) is 0 Å². The third-order valence-corrected chi connectivity index (χ3v) is 6.04. The summed E-state index contributed by atoms with van der Waals surface area (Å²) in [6.07, 6.45) is 4.41. The number of benzene rings is 2. The second kappa shape index (κ2) is 8.68. The molecule has 2 heterocycles. The Labute approximate surface area is 172 Å². The van der Waals surface area contributed by atoms with Crippen LogP contribution in [0.25, 0.3) is 0 Å². The molecule has 4 rings (SSSR count). The Hall–Kier alpha value is -2.82. The quantitative estimate of drug-likeness (QED) is 0.840. The van der Waals surface area contributed by atoms with Crippen LogP contribution in [-0.2, 0) is 0 Å². The molecule has 2 aromatic carbocycles. The van der Waals surface area contributed by atoms with Gasteiger partial charge in [0.15, 0.2) is 0 Å². The van der Waals surface area contributed by atoms with Crippen molar-refractivity contribution in [2.24, 2.45) is 5.92 Å². The van der Waals surface area contributed by atoms with E-state index >= 15 is 0 Å². The Morgan fingerprint density at radius 3 is 2.31 bits per heavy atom. The van der Waals surface area contributed by atoms with Crippen molar-refractivity contribution in [3.63, 3.8) is 0 Å². The predicted octanol–water partition coefficient (Wildman–Crippen LogP) is 4.41. The van der Waals surface area contributed by atoms with Crippen LogP contribution in [0.1, 0.15) is 53.3 Å². The number of nitrogens with one attached hydrogen (secondary N) is 1. The van der Waals surface area contributed by atoms with Crippen LogP contribution in [0.15, 0.2) is 48.5 Å². The number of piperidine rings is 1. The van der Waals surface area contributed by atoms with Gasteiger partial charge in [0.1, 0.15) is 0 Å². The molecule has 2 amide bonds. The van der Waals surface area contributed by atoms with Crippen molar-refractivity contribution >= 4 is 23.2 Å². The van der Waals surface area contributed by atoms with Gasteiger partial charge >= 0.3 is 0 Å². The van der Waals surface area contributed by atoms with Gasteiger partial charge in [-0.25, -0.2) is 0 Å². The van der Waals surface area contributed by atoms with Crippen LogP contribution in [0, 0.1) is 5.92 Å². The molecule has 152 valence electrons. The smallest absolute Gasteiger partial charge is 0.256 e. The summed E-state index contributed by atoms with van der Waals surface area (Å²) in [5.74, 6) is 0.644. The summed E-state index contributed by atoms with van der Waals surface area (Å²) in [5.41, 5.74) is 2.96. The number of hydrogen-bond donors (Lipinski definition) is 1. The molecule has 0 aromatic heterocycles. The SMILES string of the molecule is CC1CCN(c2ccc(NC(=O)c3ccccc3)cc2C(=O)N2CCCC2)CC1. The highest BCUT2D eigenvalue weighted by atomic mass is 16.2. The monoisotopic (exact) mass is 391 g/mol. The molecule has 0 atom stereocenters. The highest BCUT2D eigenvalue weighted by Crippen LogP contribution is 2.30. The maximum Gasteiger partial charge on any atom is 0.256 e. The number of likely N-dealkylation sites (tertiary alicyclic amines) is 1. The lowest BCUT2D eigenvalue weighted by Gasteiger charge is -2.34. The largest absolute Gasteiger partial charge is 0.371 e. The summed E-state index contributed by atoms with van der Waals surface area (Å²) < 4.78 is 0. The minimum Gasteiger partial charge on any atom is -0.371 e. The summed E-state index contributed by atoms with van der Waals surface area (Å²) >= 11 is 0. The number of nitrogens with zero attached hydrogens (tertiary/aromatic N) is 2. The van der Waals surface area contributed by atoms with E-state index in [0.29, 0.717) is 16.8 Å². The van der Waals surface area contributed by atoms with Gasteiger partial charge < -0.3 is 15.1 Å². The molecule has 0 bridgehead atoms. The van der Waals surface area contributed by atoms with Gasteiger partial charge in [0, 0.05) is 43.1 Å². The summed E-state index contributed by atoms with van der Waals surface area (Å²) in [5, 5.41) is 2.95. The first kappa shape index (κ1) is 19.5. The van der Waals surface area contributed by atoms with E-state index in [2.05, 4.69) is 17.1 Å². The fraction of sp³-hybridized carbons (Fsp3) is 0.417. The zero-order valence-corrected chi connectivity index (χ0v) is 17.1. The molecule has 5 nitrogen and oxygen atoms in total. The standard InChI is InChI=1S/C24H29N3O2/c1-18-11-15-26(16-12-18)22-10-9-20(25-23(28)19-7-3-2-4-8-19)17-21(22)24(29)27-13-5-6-14-27/h2-4,7-10,17-18H,5-6,11-16H2,1H3,(H,25,28). The van der Waals surface area contributed by atoms with E-state index in [4.69, 9.17) is 0 Å². The number of carbonyl (C=O) groups excluding carboxylic acids is 2. The number of hydrogen-bond acceptors (Lipinski definition) is 3. The molecular formula is C24H29N3O2. The minimum atomic E-state index is -0.162. The summed E-state index contributed by atoms with van der Waals surface area (Å²) in [4.78, 5) is 30.1. The van der Waals surface area contributed by atoms with E-state index < -0.39 is 0 Å². The molecule has 0 saturated carbocycles. The predicted molar refractivity (Wildman–Crippen MR) is 117 cm³/mol. The number of anilines is 2. The maximum atomic E-state index is 13.3. The number of amides is 2. The molecule has 2 fully saturated rings. The van der Waals surface area contributed by atoms with Gasteiger partial charge in [0.25, 0.3) is 11.8 Å². The molecule has 5 heteroatoms. The van der Waals surface area contributed by atoms with Crippen LogP contribution in [0.2, 0.25) is 0 Å². The van der Waals surface area contributed by atoms with Crippen molar-refractivity contribution in [3.05, 3.63) is 59.7 Å². The molecule has 2 aromatic rings. The summed E-state index contributed by atoms with van der Waals surface area (Å²) in [7, 11) is 0. The second-order valence-electron chi connectivity index (χ2n) is 8.22. The van der Waals surface area contributed by atoms with Gasteiger partial charge in [-0.1, -0.05) is 25.1 Å². The first-order chi connectivity index (χ1) is 14.1. The van der Waals surface area contributed by atoms with Crippen LogP contribution in [0.3, 0.4) is 0 Å². The molecule has 2 aliphatic heterocycles. The van der Waals surface area contributed by atoms with E-state index in [-0.39, 0.29) is 11.8 Å². The Balaban J connectivity index is 1.61. The Morgan fingerprint density at radius 2 is 1.62 bits per heavy atom. The van der Waals surface area contributed by atoms with Gasteiger partial charge in [-0.2, -0.15) is 0 Å². The first-order valence-corrected chi connectivity index (χ1v) is 10.7. The van der Waals surface area contributed by atoms with Crippen LogP contribution in [0.4, 0.5) is 11.4 Å². The highest BCUT2D eigenvalue weighted by molar-refractivity contribution is 6.06. The van der Waals surface area contributed by atoms with Crippen LogP contribution >= 0.6 is 0 Å². The molecule has 1 N–H and O–H groups in total. The number of carbonyl (C=O) groups is 2. The molecule has 0 unspecified atom stereocenters. The van der Waals surface area contributed by atoms with E-state index in [1.165, 1.54) is 0 Å². The Morgan fingerprint density at radius 1 is 0.931 bits per heavy atom. The van der Waals surface area contributed by atoms with Crippen molar-refractivity contribution in [2.45, 2.75) is 32.6 Å². The number of rotatable bonds is 4. The third-order valence-electron chi connectivity index (χ3n) is 6.04. The fourth-order valence-electron chi connectivity index (χ4n) is 4.19. The Kier molecular flexibility index (Phi) is 5.84. The molecule has 0 aliphatic carbocycles. The average molecular weight is 392 g/mol. The van der Waals surface area contributed by atoms with Crippen molar-refractivity contribution in [3.8, 4) is 0 Å². The highest BCUT2D eigenvalue weighted by Gasteiger charge is 2.26. The lowest BCUT2D eigenvalue weighted by Crippen LogP contribution is -2.35. The third kappa shape index (κ3) is 4.44. The van der Waals surface area contributed by atoms with E-state index in [9.17, 15) is 9.59 Å². The molecular weight excluding hydrogens is 362 g/mol. The fourth-order valence-corrected chi connectivity index (χ4v) is 4.19. The van der Waals surface area contributed by atoms with Gasteiger partial charge in [-0.05, 0) is 61.9 Å². The molecule has 0 spiro atoms. The zero-order chi connectivity index (χ0) is 20.2. The van der Waals surface area contributed by atoms with Crippen LogP contribution < -0.4 is 10.2 Å². The van der Waals surface area contributed by atoms with Crippen molar-refractivity contribution < 1.29 is 9.59 Å².